The second kappa shape index (κ2) is 16.4. The van der Waals surface area contributed by atoms with E-state index in [9.17, 15) is 0 Å². The molecular formula is C24H34O2S5. The lowest BCUT2D eigenvalue weighted by Crippen LogP contribution is -2.02. The van der Waals surface area contributed by atoms with Gasteiger partial charge in [-0.3, -0.25) is 0 Å². The van der Waals surface area contributed by atoms with Gasteiger partial charge in [-0.15, -0.1) is 0 Å². The molecular weight excluding hydrogens is 481 g/mol. The minimum absolute atomic E-state index is 0.701. The molecule has 0 bridgehead atoms. The second-order valence-electron chi connectivity index (χ2n) is 7.15. The van der Waals surface area contributed by atoms with E-state index in [1.54, 1.807) is 11.8 Å². The van der Waals surface area contributed by atoms with Crippen molar-refractivity contribution in [3.63, 3.8) is 0 Å². The lowest BCUT2D eigenvalue weighted by molar-refractivity contribution is 0.315. The number of ether oxygens (including phenoxy) is 2. The Hall–Kier alpha value is -0.210. The highest BCUT2D eigenvalue weighted by atomic mass is 32.2. The standard InChI is InChI=1S/C24H34O2S5/c27-13-1-5-19-17-21(7-9-23(19)25-11-3-15-29)31-22-8-10-24(26-12-4-16-30)20(18-22)6-2-14-28/h7-10,17-18,27-30H,1-6,11-16H2. The first-order chi connectivity index (χ1) is 15.2. The van der Waals surface area contributed by atoms with Gasteiger partial charge in [0.1, 0.15) is 11.5 Å². The zero-order chi connectivity index (χ0) is 22.3. The summed E-state index contributed by atoms with van der Waals surface area (Å²) in [4.78, 5) is 2.44. The van der Waals surface area contributed by atoms with Gasteiger partial charge >= 0.3 is 0 Å². The third kappa shape index (κ3) is 10.1. The molecule has 0 N–H and O–H groups in total. The van der Waals surface area contributed by atoms with E-state index in [1.165, 1.54) is 20.9 Å². The number of hydrogen-bond acceptors (Lipinski definition) is 7. The topological polar surface area (TPSA) is 18.5 Å². The van der Waals surface area contributed by atoms with Gasteiger partial charge in [-0.1, -0.05) is 11.8 Å². The Morgan fingerprint density at radius 2 is 1.00 bits per heavy atom. The first-order valence-corrected chi connectivity index (χ1v) is 14.2. The molecule has 0 unspecified atom stereocenters. The first kappa shape index (κ1) is 27.0. The molecule has 7 heteroatoms. The number of benzene rings is 2. The fraction of sp³-hybridized carbons (Fsp3) is 0.500. The maximum atomic E-state index is 5.99. The normalized spacial score (nSPS) is 11.0. The number of aryl methyl sites for hydroxylation is 2. The minimum Gasteiger partial charge on any atom is -0.493 e. The molecule has 0 aromatic heterocycles. The van der Waals surface area contributed by atoms with Gasteiger partial charge in [0.2, 0.25) is 0 Å². The van der Waals surface area contributed by atoms with Crippen molar-refractivity contribution in [2.45, 2.75) is 48.3 Å². The van der Waals surface area contributed by atoms with Gasteiger partial charge in [-0.05, 0) is 109 Å². The quantitative estimate of drug-likeness (QED) is 0.143. The molecule has 0 aliphatic rings. The molecule has 2 nitrogen and oxygen atoms in total. The average Bonchev–Trinajstić information content (AvgIpc) is 2.78. The summed E-state index contributed by atoms with van der Waals surface area (Å²) in [7, 11) is 0. The molecule has 0 saturated heterocycles. The molecule has 2 aromatic rings. The summed E-state index contributed by atoms with van der Waals surface area (Å²) in [6.45, 7) is 1.40. The van der Waals surface area contributed by atoms with Gasteiger partial charge in [-0.25, -0.2) is 0 Å². The third-order valence-electron chi connectivity index (χ3n) is 4.63. The van der Waals surface area contributed by atoms with E-state index < -0.39 is 0 Å². The van der Waals surface area contributed by atoms with E-state index in [4.69, 9.17) is 9.47 Å². The third-order valence-corrected chi connectivity index (χ3v) is 6.87. The Balaban J connectivity index is 2.16. The van der Waals surface area contributed by atoms with Gasteiger partial charge in [-0.2, -0.15) is 50.5 Å². The van der Waals surface area contributed by atoms with Crippen LogP contribution in [0.5, 0.6) is 11.5 Å². The van der Waals surface area contributed by atoms with Crippen molar-refractivity contribution in [1.29, 1.82) is 0 Å². The first-order valence-electron chi connectivity index (χ1n) is 10.8. The van der Waals surface area contributed by atoms with Crippen molar-refractivity contribution in [3.8, 4) is 11.5 Å². The summed E-state index contributed by atoms with van der Waals surface area (Å²) in [5.41, 5.74) is 2.50. The maximum absolute atomic E-state index is 5.99. The highest BCUT2D eigenvalue weighted by Gasteiger charge is 2.10. The molecule has 0 amide bonds. The van der Waals surface area contributed by atoms with Crippen molar-refractivity contribution in [2.24, 2.45) is 0 Å². The largest absolute Gasteiger partial charge is 0.493 e. The van der Waals surface area contributed by atoms with E-state index in [-0.39, 0.29) is 0 Å². The van der Waals surface area contributed by atoms with Crippen LogP contribution in [0.2, 0.25) is 0 Å². The van der Waals surface area contributed by atoms with E-state index in [0.717, 1.165) is 73.0 Å². The van der Waals surface area contributed by atoms with Crippen LogP contribution in [0.4, 0.5) is 0 Å². The zero-order valence-electron chi connectivity index (χ0n) is 18.0. The number of rotatable bonds is 16. The van der Waals surface area contributed by atoms with E-state index in [0.29, 0.717) is 13.2 Å². The Morgan fingerprint density at radius 1 is 0.581 bits per heavy atom. The van der Waals surface area contributed by atoms with E-state index in [2.05, 4.69) is 86.9 Å². The van der Waals surface area contributed by atoms with Gasteiger partial charge in [0.15, 0.2) is 0 Å². The molecule has 172 valence electrons. The summed E-state index contributed by atoms with van der Waals surface area (Å²) in [5, 5.41) is 0. The Bertz CT molecular complexity index is 706. The minimum atomic E-state index is 0.701. The summed E-state index contributed by atoms with van der Waals surface area (Å²) in [6.07, 6.45) is 5.91. The van der Waals surface area contributed by atoms with Crippen molar-refractivity contribution >= 4 is 62.3 Å². The summed E-state index contributed by atoms with van der Waals surface area (Å²) in [5.74, 6) is 5.38. The molecule has 0 fully saturated rings. The van der Waals surface area contributed by atoms with Gasteiger partial charge in [0, 0.05) is 9.79 Å². The highest BCUT2D eigenvalue weighted by molar-refractivity contribution is 7.99. The monoisotopic (exact) mass is 514 g/mol. The lowest BCUT2D eigenvalue weighted by atomic mass is 10.1. The van der Waals surface area contributed by atoms with Crippen LogP contribution >= 0.6 is 62.3 Å². The number of thiol groups is 4. The molecule has 0 aliphatic heterocycles. The van der Waals surface area contributed by atoms with Crippen LogP contribution in [-0.2, 0) is 12.8 Å². The Labute approximate surface area is 214 Å². The predicted octanol–water partition coefficient (Wildman–Crippen LogP) is 6.96. The Kier molecular flexibility index (Phi) is 14.3. The Morgan fingerprint density at radius 3 is 1.39 bits per heavy atom. The predicted molar refractivity (Wildman–Crippen MR) is 149 cm³/mol. The maximum Gasteiger partial charge on any atom is 0.122 e. The molecule has 31 heavy (non-hydrogen) atoms. The van der Waals surface area contributed by atoms with Crippen molar-refractivity contribution < 1.29 is 9.47 Å². The highest BCUT2D eigenvalue weighted by Crippen LogP contribution is 2.35. The molecule has 2 aromatic carbocycles. The van der Waals surface area contributed by atoms with Gasteiger partial charge in [0.05, 0.1) is 13.2 Å². The van der Waals surface area contributed by atoms with Crippen molar-refractivity contribution in [2.75, 3.05) is 36.2 Å². The zero-order valence-corrected chi connectivity index (χ0v) is 22.4. The molecule has 0 heterocycles. The molecule has 0 radical (unpaired) electrons. The fourth-order valence-electron chi connectivity index (χ4n) is 3.08. The second-order valence-corrected chi connectivity index (χ2v) is 10.1. The van der Waals surface area contributed by atoms with Crippen LogP contribution < -0.4 is 9.47 Å². The molecule has 0 spiro atoms. The van der Waals surface area contributed by atoms with Crippen molar-refractivity contribution in [1.82, 2.24) is 0 Å². The SMILES string of the molecule is SCCCOc1ccc(Sc2ccc(OCCCS)c(CCCS)c2)cc1CCCS. The summed E-state index contributed by atoms with van der Waals surface area (Å²) < 4.78 is 12.0. The lowest BCUT2D eigenvalue weighted by Gasteiger charge is -2.15. The molecule has 0 saturated carbocycles. The smallest absolute Gasteiger partial charge is 0.122 e. The number of hydrogen-bond donors (Lipinski definition) is 4. The van der Waals surface area contributed by atoms with Crippen LogP contribution in [0, 0.1) is 0 Å². The fourth-order valence-corrected chi connectivity index (χ4v) is 4.60. The van der Waals surface area contributed by atoms with Gasteiger partial charge in [0.25, 0.3) is 0 Å². The van der Waals surface area contributed by atoms with Crippen LogP contribution in [0.3, 0.4) is 0 Å². The van der Waals surface area contributed by atoms with Crippen LogP contribution in [0.25, 0.3) is 0 Å². The molecule has 0 atom stereocenters. The van der Waals surface area contributed by atoms with Crippen molar-refractivity contribution in [3.05, 3.63) is 47.5 Å². The summed E-state index contributed by atoms with van der Waals surface area (Å²) >= 11 is 19.1. The van der Waals surface area contributed by atoms with Gasteiger partial charge < -0.3 is 9.47 Å². The van der Waals surface area contributed by atoms with Crippen LogP contribution in [-0.4, -0.2) is 36.2 Å². The van der Waals surface area contributed by atoms with Crippen LogP contribution in [0.1, 0.15) is 36.8 Å². The molecule has 2 rings (SSSR count). The van der Waals surface area contributed by atoms with E-state index >= 15 is 0 Å². The summed E-state index contributed by atoms with van der Waals surface area (Å²) in [6, 6.07) is 13.0. The van der Waals surface area contributed by atoms with Crippen LogP contribution in [0.15, 0.2) is 46.2 Å². The van der Waals surface area contributed by atoms with E-state index in [1.807, 2.05) is 0 Å². The molecule has 0 aliphatic carbocycles. The average molecular weight is 515 g/mol.